The van der Waals surface area contributed by atoms with Crippen LogP contribution in [-0.4, -0.2) is 4.57 Å². The van der Waals surface area contributed by atoms with Crippen LogP contribution in [0.5, 0.6) is 0 Å². The molecule has 0 N–H and O–H groups in total. The summed E-state index contributed by atoms with van der Waals surface area (Å²) >= 11 is 0. The average molecular weight is 696 g/mol. The Kier molecular flexibility index (Phi) is 7.63. The van der Waals surface area contributed by atoms with Gasteiger partial charge < -0.3 is 4.57 Å². The van der Waals surface area contributed by atoms with Gasteiger partial charge in [-0.05, 0) is 126 Å². The van der Waals surface area contributed by atoms with Gasteiger partial charge in [0.1, 0.15) is 0 Å². The maximum atomic E-state index is 2.49. The maximum absolute atomic E-state index is 2.49. The van der Waals surface area contributed by atoms with Gasteiger partial charge in [-0.25, -0.2) is 0 Å². The highest BCUT2D eigenvalue weighted by atomic mass is 15.0. The normalized spacial score (nSPS) is 16.1. The molecule has 3 aliphatic carbocycles. The molecular weight excluding hydrogens is 651 g/mol. The van der Waals surface area contributed by atoms with E-state index in [9.17, 15) is 0 Å². The Morgan fingerprint density at radius 3 is 2.07 bits per heavy atom. The summed E-state index contributed by atoms with van der Waals surface area (Å²) < 4.78 is 2.49. The molecule has 11 rings (SSSR count). The van der Waals surface area contributed by atoms with Gasteiger partial charge in [0.15, 0.2) is 0 Å². The lowest BCUT2D eigenvalue weighted by Gasteiger charge is -2.23. The van der Waals surface area contributed by atoms with Gasteiger partial charge >= 0.3 is 0 Å². The molecule has 0 aliphatic heterocycles. The smallest absolute Gasteiger partial charge is 0.0537 e. The molecule has 0 amide bonds. The largest absolute Gasteiger partial charge is 0.310 e. The van der Waals surface area contributed by atoms with Crippen LogP contribution in [0, 0.1) is 0 Å². The first-order chi connectivity index (χ1) is 26.5. The molecule has 0 bridgehead atoms. The van der Waals surface area contributed by atoms with Gasteiger partial charge in [0.05, 0.1) is 5.52 Å². The summed E-state index contributed by atoms with van der Waals surface area (Å²) in [5.74, 6) is 0.326. The molecule has 3 aliphatic rings. The molecule has 0 spiro atoms. The molecule has 7 aromatic carbocycles. The lowest BCUT2D eigenvalue weighted by Crippen LogP contribution is -2.28. The number of benzene rings is 7. The van der Waals surface area contributed by atoms with E-state index in [0.717, 1.165) is 19.3 Å². The number of para-hydroxylation sites is 1. The van der Waals surface area contributed by atoms with Crippen molar-refractivity contribution in [1.82, 2.24) is 4.57 Å². The molecule has 1 atom stereocenters. The Morgan fingerprint density at radius 1 is 0.556 bits per heavy atom. The molecule has 0 saturated heterocycles. The zero-order valence-corrected chi connectivity index (χ0v) is 31.7. The molecule has 262 valence electrons. The monoisotopic (exact) mass is 695 g/mol. The summed E-state index contributed by atoms with van der Waals surface area (Å²) in [7, 11) is 0. The topological polar surface area (TPSA) is 4.93 Å². The summed E-state index contributed by atoms with van der Waals surface area (Å²) in [4.78, 5) is 0. The Bertz CT molecular complexity index is 2970. The van der Waals surface area contributed by atoms with Crippen molar-refractivity contribution >= 4 is 50.7 Å². The van der Waals surface area contributed by atoms with Crippen molar-refractivity contribution < 1.29 is 0 Å². The third kappa shape index (κ3) is 4.84. The molecule has 0 radical (unpaired) electrons. The summed E-state index contributed by atoms with van der Waals surface area (Å²) in [6.07, 6.45) is 12.9. The first kappa shape index (κ1) is 32.7. The van der Waals surface area contributed by atoms with E-state index in [1.165, 1.54) is 98.8 Å². The highest BCUT2D eigenvalue weighted by Gasteiger charge is 2.35. The van der Waals surface area contributed by atoms with Crippen molar-refractivity contribution in [2.24, 2.45) is 0 Å². The molecule has 1 aromatic heterocycles. The lowest BCUT2D eigenvalue weighted by atomic mass is 9.81. The molecule has 54 heavy (non-hydrogen) atoms. The predicted octanol–water partition coefficient (Wildman–Crippen LogP) is 12.6. The number of hydrogen-bond donors (Lipinski definition) is 0. The van der Waals surface area contributed by atoms with E-state index in [1.807, 2.05) is 13.8 Å². The van der Waals surface area contributed by atoms with E-state index >= 15 is 0 Å². The van der Waals surface area contributed by atoms with Gasteiger partial charge in [-0.15, -0.1) is 0 Å². The van der Waals surface area contributed by atoms with Crippen LogP contribution in [0.2, 0.25) is 0 Å². The van der Waals surface area contributed by atoms with Gasteiger partial charge in [0.25, 0.3) is 0 Å². The van der Waals surface area contributed by atoms with E-state index < -0.39 is 0 Å². The van der Waals surface area contributed by atoms with Crippen molar-refractivity contribution in [2.45, 2.75) is 58.3 Å². The van der Waals surface area contributed by atoms with Gasteiger partial charge in [-0.1, -0.05) is 155 Å². The van der Waals surface area contributed by atoms with E-state index in [1.54, 1.807) is 0 Å². The van der Waals surface area contributed by atoms with E-state index in [-0.39, 0.29) is 5.41 Å². The minimum Gasteiger partial charge on any atom is -0.310 e. The second-order valence-corrected chi connectivity index (χ2v) is 15.5. The van der Waals surface area contributed by atoms with E-state index in [4.69, 9.17) is 0 Å². The summed E-state index contributed by atoms with van der Waals surface area (Å²) in [5.41, 5.74) is 14.8. The number of hydrogen-bond acceptors (Lipinski definition) is 0. The highest BCUT2D eigenvalue weighted by Crippen LogP contribution is 2.50. The van der Waals surface area contributed by atoms with Gasteiger partial charge in [-0.3, -0.25) is 0 Å². The summed E-state index contributed by atoms with van der Waals surface area (Å²) in [6, 6.07) is 50.4. The number of allylic oxidation sites excluding steroid dienone is 1. The second kappa shape index (κ2) is 12.6. The van der Waals surface area contributed by atoms with Crippen LogP contribution in [0.1, 0.15) is 74.4 Å². The third-order valence-corrected chi connectivity index (χ3v) is 12.4. The van der Waals surface area contributed by atoms with Crippen molar-refractivity contribution in [3.05, 3.63) is 178 Å². The Labute approximate surface area is 318 Å². The van der Waals surface area contributed by atoms with E-state index in [0.29, 0.717) is 5.92 Å². The van der Waals surface area contributed by atoms with Crippen molar-refractivity contribution in [1.29, 1.82) is 0 Å². The average Bonchev–Trinajstić information content (AvgIpc) is 3.69. The van der Waals surface area contributed by atoms with Crippen LogP contribution in [0.25, 0.3) is 78.6 Å². The van der Waals surface area contributed by atoms with Crippen molar-refractivity contribution in [2.75, 3.05) is 0 Å². The zero-order chi connectivity index (χ0) is 36.6. The SMILES string of the molecule is CC.CC1(C)c2ccccc2-c2cc(C3C=Cc4c(c5ccccc5n4-c4cccc(-c5ccc6c7c(c8ccccc8c6c5)=CCCC=7)c4)C3)ccc21. The summed E-state index contributed by atoms with van der Waals surface area (Å²) in [5, 5.41) is 9.52. The molecule has 8 aromatic rings. The fourth-order valence-electron chi connectivity index (χ4n) is 9.83. The standard InChI is InChI=1S/C51H39N.C2H6/c1-51(2)47-20-9-7-18-42(47)45-30-34(23-26-48(45)51)35-24-27-50-46(31-35)43-19-8-10-21-49(43)52(50)36-13-11-12-32(28-36)33-22-25-41-39-16-4-3-14-37(39)38-15-5-6-17-40(38)44(41)29-33;1-2/h5-30,35H,3-4,31H2,1-2H3;1-2H3. The minimum absolute atomic E-state index is 0.0272. The number of nitrogens with zero attached hydrogens (tertiary/aromatic N) is 1. The number of rotatable bonds is 3. The fourth-order valence-corrected chi connectivity index (χ4v) is 9.83. The Balaban J connectivity index is 0.00000178. The van der Waals surface area contributed by atoms with Crippen LogP contribution in [0.15, 0.2) is 140 Å². The molecule has 1 nitrogen and oxygen atoms in total. The molecule has 1 heteroatoms. The van der Waals surface area contributed by atoms with E-state index in [2.05, 4.69) is 176 Å². The van der Waals surface area contributed by atoms with Crippen LogP contribution >= 0.6 is 0 Å². The second-order valence-electron chi connectivity index (χ2n) is 15.5. The van der Waals surface area contributed by atoms with Gasteiger partial charge in [0.2, 0.25) is 0 Å². The van der Waals surface area contributed by atoms with Crippen molar-refractivity contribution in [3.8, 4) is 27.9 Å². The van der Waals surface area contributed by atoms with Gasteiger partial charge in [-0.2, -0.15) is 0 Å². The molecule has 0 saturated carbocycles. The lowest BCUT2D eigenvalue weighted by molar-refractivity contribution is 0.659. The molecule has 1 unspecified atom stereocenters. The molecule has 0 fully saturated rings. The Hall–Kier alpha value is -5.92. The minimum atomic E-state index is 0.0272. The quantitative estimate of drug-likeness (QED) is 0.162. The van der Waals surface area contributed by atoms with Crippen LogP contribution in [0.4, 0.5) is 0 Å². The van der Waals surface area contributed by atoms with Crippen LogP contribution in [0.3, 0.4) is 0 Å². The molecular formula is C53H45N. The Morgan fingerprint density at radius 2 is 1.24 bits per heavy atom. The highest BCUT2D eigenvalue weighted by molar-refractivity contribution is 6.09. The number of fused-ring (bicyclic) bond motifs is 12. The van der Waals surface area contributed by atoms with Crippen LogP contribution in [-0.2, 0) is 11.8 Å². The van der Waals surface area contributed by atoms with Crippen LogP contribution < -0.4 is 10.4 Å². The zero-order valence-electron chi connectivity index (χ0n) is 31.7. The van der Waals surface area contributed by atoms with Gasteiger partial charge in [0, 0.05) is 28.1 Å². The molecule has 1 heterocycles. The third-order valence-electron chi connectivity index (χ3n) is 12.4. The summed E-state index contributed by atoms with van der Waals surface area (Å²) in [6.45, 7) is 8.72. The first-order valence-corrected chi connectivity index (χ1v) is 19.8. The number of aromatic nitrogens is 1. The first-order valence-electron chi connectivity index (χ1n) is 19.8. The maximum Gasteiger partial charge on any atom is 0.0537 e. The predicted molar refractivity (Wildman–Crippen MR) is 232 cm³/mol. The van der Waals surface area contributed by atoms with Crippen molar-refractivity contribution in [3.63, 3.8) is 0 Å². The fraction of sp³-hybridized carbons (Fsp3) is 0.170.